The first-order valence-electron chi connectivity index (χ1n) is 6.31. The van der Waals surface area contributed by atoms with Gasteiger partial charge in [0.1, 0.15) is 0 Å². The van der Waals surface area contributed by atoms with Gasteiger partial charge < -0.3 is 14.9 Å². The van der Waals surface area contributed by atoms with Gasteiger partial charge in [-0.15, -0.1) is 0 Å². The van der Waals surface area contributed by atoms with Crippen molar-refractivity contribution in [2.45, 2.75) is 20.3 Å². The Morgan fingerprint density at radius 2 is 2.05 bits per heavy atom. The Morgan fingerprint density at radius 1 is 1.35 bits per heavy atom. The predicted molar refractivity (Wildman–Crippen MR) is 73.2 cm³/mol. The molecule has 1 amide bonds. The van der Waals surface area contributed by atoms with Crippen LogP contribution in [0.4, 0.5) is 4.79 Å². The summed E-state index contributed by atoms with van der Waals surface area (Å²) in [4.78, 5) is 14.9. The normalized spacial score (nSPS) is 11.3. The fourth-order valence-corrected chi connectivity index (χ4v) is 1.82. The van der Waals surface area contributed by atoms with Gasteiger partial charge in [-0.2, -0.15) is 4.98 Å². The quantitative estimate of drug-likeness (QED) is 0.875. The smallest absolute Gasteiger partial charge is 0.404 e. The van der Waals surface area contributed by atoms with E-state index in [1.165, 1.54) is 0 Å². The van der Waals surface area contributed by atoms with E-state index in [-0.39, 0.29) is 5.41 Å². The number of hydrogen-bond donors (Lipinski definition) is 2. The van der Waals surface area contributed by atoms with Crippen LogP contribution in [0.25, 0.3) is 11.4 Å². The summed E-state index contributed by atoms with van der Waals surface area (Å²) in [6.07, 6.45) is -0.527. The molecule has 0 fully saturated rings. The van der Waals surface area contributed by atoms with E-state index in [1.807, 2.05) is 44.2 Å². The van der Waals surface area contributed by atoms with Crippen molar-refractivity contribution >= 4 is 6.09 Å². The lowest BCUT2D eigenvalue weighted by Gasteiger charge is -2.21. The zero-order valence-electron chi connectivity index (χ0n) is 11.5. The first kappa shape index (κ1) is 14.0. The maximum absolute atomic E-state index is 10.5. The van der Waals surface area contributed by atoms with E-state index in [4.69, 9.17) is 9.63 Å². The highest BCUT2D eigenvalue weighted by atomic mass is 16.5. The van der Waals surface area contributed by atoms with Crippen LogP contribution >= 0.6 is 0 Å². The number of benzene rings is 1. The van der Waals surface area contributed by atoms with Crippen molar-refractivity contribution in [2.24, 2.45) is 5.41 Å². The molecule has 0 aliphatic heterocycles. The standard InChI is InChI=1S/C14H17N3O3/c1-14(2,9-15-13(18)19)8-11-16-12(17-20-11)10-6-4-3-5-7-10/h3-7,15H,8-9H2,1-2H3,(H,18,19). The third-order valence-corrected chi connectivity index (χ3v) is 2.85. The minimum absolute atomic E-state index is 0.293. The third kappa shape index (κ3) is 3.81. The number of carbonyl (C=O) groups is 1. The van der Waals surface area contributed by atoms with Crippen LogP contribution in [0, 0.1) is 5.41 Å². The summed E-state index contributed by atoms with van der Waals surface area (Å²) in [6, 6.07) is 9.56. The number of aromatic nitrogens is 2. The molecule has 2 rings (SSSR count). The second-order valence-electron chi connectivity index (χ2n) is 5.38. The Morgan fingerprint density at radius 3 is 2.70 bits per heavy atom. The van der Waals surface area contributed by atoms with Gasteiger partial charge in [0.25, 0.3) is 0 Å². The number of carboxylic acid groups (broad SMARTS) is 1. The van der Waals surface area contributed by atoms with E-state index in [0.717, 1.165) is 5.56 Å². The topological polar surface area (TPSA) is 88.2 Å². The molecule has 20 heavy (non-hydrogen) atoms. The van der Waals surface area contributed by atoms with Gasteiger partial charge in [-0.25, -0.2) is 4.79 Å². The van der Waals surface area contributed by atoms with Crippen molar-refractivity contribution in [3.05, 3.63) is 36.2 Å². The van der Waals surface area contributed by atoms with Gasteiger partial charge in [0.15, 0.2) is 0 Å². The highest BCUT2D eigenvalue weighted by molar-refractivity contribution is 5.64. The zero-order chi connectivity index (χ0) is 14.6. The molecule has 0 saturated heterocycles. The maximum Gasteiger partial charge on any atom is 0.404 e. The SMILES string of the molecule is CC(C)(CNC(=O)O)Cc1nc(-c2ccccc2)no1. The summed E-state index contributed by atoms with van der Waals surface area (Å²) in [7, 11) is 0. The molecule has 1 heterocycles. The van der Waals surface area contributed by atoms with E-state index in [1.54, 1.807) is 0 Å². The molecule has 0 aliphatic rings. The Labute approximate surface area is 116 Å². The molecule has 0 unspecified atom stereocenters. The van der Waals surface area contributed by atoms with Gasteiger partial charge in [0, 0.05) is 18.5 Å². The van der Waals surface area contributed by atoms with Crippen molar-refractivity contribution in [3.63, 3.8) is 0 Å². The lowest BCUT2D eigenvalue weighted by atomic mass is 9.89. The van der Waals surface area contributed by atoms with Crippen molar-refractivity contribution in [1.82, 2.24) is 15.5 Å². The molecule has 1 aromatic heterocycles. The minimum Gasteiger partial charge on any atom is -0.465 e. The molecule has 2 N–H and O–H groups in total. The first-order valence-corrected chi connectivity index (χ1v) is 6.31. The Bertz CT molecular complexity index is 578. The van der Waals surface area contributed by atoms with Crippen LogP contribution in [-0.2, 0) is 6.42 Å². The summed E-state index contributed by atoms with van der Waals surface area (Å²) >= 11 is 0. The molecule has 6 heteroatoms. The first-order chi connectivity index (χ1) is 9.46. The fraction of sp³-hybridized carbons (Fsp3) is 0.357. The van der Waals surface area contributed by atoms with Gasteiger partial charge in [0.2, 0.25) is 11.7 Å². The summed E-state index contributed by atoms with van der Waals surface area (Å²) < 4.78 is 5.23. The van der Waals surface area contributed by atoms with Crippen molar-refractivity contribution in [1.29, 1.82) is 0 Å². The van der Waals surface area contributed by atoms with Crippen LogP contribution in [0.5, 0.6) is 0 Å². The molecule has 0 atom stereocenters. The average molecular weight is 275 g/mol. The highest BCUT2D eigenvalue weighted by Gasteiger charge is 2.23. The van der Waals surface area contributed by atoms with E-state index >= 15 is 0 Å². The molecule has 0 aliphatic carbocycles. The van der Waals surface area contributed by atoms with E-state index in [0.29, 0.717) is 24.7 Å². The number of amides is 1. The van der Waals surface area contributed by atoms with Crippen LogP contribution in [0.3, 0.4) is 0 Å². The van der Waals surface area contributed by atoms with Gasteiger partial charge in [-0.3, -0.25) is 0 Å². The van der Waals surface area contributed by atoms with Gasteiger partial charge in [0.05, 0.1) is 0 Å². The summed E-state index contributed by atoms with van der Waals surface area (Å²) in [5.41, 5.74) is 0.600. The molecule has 6 nitrogen and oxygen atoms in total. The number of hydrogen-bond acceptors (Lipinski definition) is 4. The lowest BCUT2D eigenvalue weighted by molar-refractivity contribution is 0.186. The molecular formula is C14H17N3O3. The van der Waals surface area contributed by atoms with E-state index < -0.39 is 6.09 Å². The molecule has 106 valence electrons. The second kappa shape index (κ2) is 5.73. The third-order valence-electron chi connectivity index (χ3n) is 2.85. The molecule has 0 saturated carbocycles. The van der Waals surface area contributed by atoms with Gasteiger partial charge in [-0.1, -0.05) is 49.3 Å². The minimum atomic E-state index is -1.03. The van der Waals surface area contributed by atoms with Crippen LogP contribution in [0.1, 0.15) is 19.7 Å². The average Bonchev–Trinajstić information content (AvgIpc) is 2.85. The second-order valence-corrected chi connectivity index (χ2v) is 5.38. The summed E-state index contributed by atoms with van der Waals surface area (Å²) in [5, 5.41) is 14.9. The Balaban J connectivity index is 2.04. The molecule has 0 bridgehead atoms. The van der Waals surface area contributed by atoms with Crippen molar-refractivity contribution < 1.29 is 14.4 Å². The lowest BCUT2D eigenvalue weighted by Crippen LogP contribution is -2.34. The zero-order valence-corrected chi connectivity index (χ0v) is 11.5. The number of nitrogens with one attached hydrogen (secondary N) is 1. The summed E-state index contributed by atoms with van der Waals surface area (Å²) in [6.45, 7) is 4.20. The largest absolute Gasteiger partial charge is 0.465 e. The van der Waals surface area contributed by atoms with Crippen molar-refractivity contribution in [3.8, 4) is 11.4 Å². The van der Waals surface area contributed by atoms with Gasteiger partial charge in [-0.05, 0) is 5.41 Å². The van der Waals surface area contributed by atoms with Crippen LogP contribution in [-0.4, -0.2) is 27.9 Å². The van der Waals surface area contributed by atoms with E-state index in [9.17, 15) is 4.79 Å². The molecule has 1 aromatic carbocycles. The monoisotopic (exact) mass is 275 g/mol. The molecular weight excluding hydrogens is 258 g/mol. The predicted octanol–water partition coefficient (Wildman–Crippen LogP) is 2.57. The Kier molecular flexibility index (Phi) is 4.02. The fourth-order valence-electron chi connectivity index (χ4n) is 1.82. The van der Waals surface area contributed by atoms with Crippen LogP contribution in [0.15, 0.2) is 34.9 Å². The molecule has 0 radical (unpaired) electrons. The van der Waals surface area contributed by atoms with Crippen molar-refractivity contribution in [2.75, 3.05) is 6.54 Å². The Hall–Kier alpha value is -2.37. The molecule has 2 aromatic rings. The highest BCUT2D eigenvalue weighted by Crippen LogP contribution is 2.22. The molecule has 0 spiro atoms. The summed E-state index contributed by atoms with van der Waals surface area (Å²) in [5.74, 6) is 1.05. The maximum atomic E-state index is 10.5. The van der Waals surface area contributed by atoms with Crippen LogP contribution in [0.2, 0.25) is 0 Å². The van der Waals surface area contributed by atoms with Crippen LogP contribution < -0.4 is 5.32 Å². The van der Waals surface area contributed by atoms with Gasteiger partial charge >= 0.3 is 6.09 Å². The number of rotatable bonds is 5. The number of nitrogens with zero attached hydrogens (tertiary/aromatic N) is 2. The van der Waals surface area contributed by atoms with E-state index in [2.05, 4.69) is 15.5 Å².